The van der Waals surface area contributed by atoms with Crippen LogP contribution in [-0.2, 0) is 0 Å². The number of hydrogen-bond acceptors (Lipinski definition) is 7. The fraction of sp³-hybridized carbons (Fsp3) is 0.250. The zero-order valence-corrected chi connectivity index (χ0v) is 24.3. The summed E-state index contributed by atoms with van der Waals surface area (Å²) in [5.74, 6) is 0.826. The van der Waals surface area contributed by atoms with E-state index in [-0.39, 0.29) is 28.7 Å². The second kappa shape index (κ2) is 11.8. The van der Waals surface area contributed by atoms with Crippen molar-refractivity contribution < 1.29 is 13.2 Å². The Bertz CT molecular complexity index is 1740. The number of rotatable bonds is 7. The van der Waals surface area contributed by atoms with Crippen molar-refractivity contribution in [1.82, 2.24) is 9.97 Å². The molecule has 0 aliphatic carbocycles. The van der Waals surface area contributed by atoms with Crippen LogP contribution < -0.4 is 10.7 Å². The van der Waals surface area contributed by atoms with E-state index in [0.29, 0.717) is 39.0 Å². The highest BCUT2D eigenvalue weighted by Gasteiger charge is 2.21. The average molecular weight is 573 g/mol. The van der Waals surface area contributed by atoms with E-state index < -0.39 is 11.6 Å². The molecule has 0 saturated heterocycles. The van der Waals surface area contributed by atoms with Gasteiger partial charge in [-0.2, -0.15) is 0 Å². The Morgan fingerprint density at radius 1 is 1.12 bits per heavy atom. The number of nitrogens with one attached hydrogen (secondary N) is 1. The van der Waals surface area contributed by atoms with Crippen molar-refractivity contribution in [2.45, 2.75) is 51.9 Å². The average Bonchev–Trinajstić information content (AvgIpc) is 2.94. The standard InChI is InChI=1S/C32H30F2N4O2S/c1-6-18(4)24-14-21(15-25(33)29(24)36-17(2)3)28-26(34)16-35-32(38-28)37-22-9-7-20(8-10-22)23-11-12-41-31-27(39)13-19(5)40-30(23)31/h7-11,13-16,18H,6,12H2,1-5H3,(H,35,37,38). The van der Waals surface area contributed by atoms with Gasteiger partial charge >= 0.3 is 0 Å². The van der Waals surface area contributed by atoms with Crippen LogP contribution in [0.1, 0.15) is 62.7 Å². The Hall–Kier alpha value is -4.11. The summed E-state index contributed by atoms with van der Waals surface area (Å²) in [4.78, 5) is 25.9. The van der Waals surface area contributed by atoms with Crippen molar-refractivity contribution in [3.05, 3.63) is 99.2 Å². The second-order valence-corrected chi connectivity index (χ2v) is 11.2. The molecule has 6 nitrogen and oxygen atoms in total. The van der Waals surface area contributed by atoms with E-state index >= 15 is 4.39 Å². The quantitative estimate of drug-likeness (QED) is 0.223. The van der Waals surface area contributed by atoms with Crippen molar-refractivity contribution in [2.75, 3.05) is 11.1 Å². The molecule has 4 aromatic rings. The monoisotopic (exact) mass is 572 g/mol. The van der Waals surface area contributed by atoms with E-state index in [1.54, 1.807) is 13.0 Å². The molecule has 0 saturated carbocycles. The van der Waals surface area contributed by atoms with Crippen molar-refractivity contribution in [3.8, 4) is 11.3 Å². The Kier molecular flexibility index (Phi) is 8.17. The van der Waals surface area contributed by atoms with Gasteiger partial charge in [-0.05, 0) is 68.5 Å². The van der Waals surface area contributed by atoms with Gasteiger partial charge in [0.05, 0.1) is 11.1 Å². The molecule has 1 atom stereocenters. The van der Waals surface area contributed by atoms with Crippen molar-refractivity contribution >= 4 is 40.4 Å². The van der Waals surface area contributed by atoms with E-state index in [1.165, 1.54) is 23.9 Å². The van der Waals surface area contributed by atoms with Crippen molar-refractivity contribution in [3.63, 3.8) is 0 Å². The van der Waals surface area contributed by atoms with Crippen LogP contribution in [0.4, 0.5) is 26.1 Å². The van der Waals surface area contributed by atoms with E-state index in [4.69, 9.17) is 4.42 Å². The summed E-state index contributed by atoms with van der Waals surface area (Å²) in [5, 5.41) is 3.11. The van der Waals surface area contributed by atoms with Gasteiger partial charge in [-0.25, -0.2) is 18.7 Å². The summed E-state index contributed by atoms with van der Waals surface area (Å²) in [6.45, 7) is 9.39. The first-order valence-corrected chi connectivity index (χ1v) is 14.4. The molecule has 2 aromatic heterocycles. The summed E-state index contributed by atoms with van der Waals surface area (Å²) in [7, 11) is 0. The first-order valence-electron chi connectivity index (χ1n) is 13.4. The molecule has 1 unspecified atom stereocenters. The molecule has 0 spiro atoms. The van der Waals surface area contributed by atoms with Crippen LogP contribution >= 0.6 is 11.8 Å². The lowest BCUT2D eigenvalue weighted by Gasteiger charge is -2.17. The molecule has 5 rings (SSSR count). The van der Waals surface area contributed by atoms with Crippen LogP contribution in [0.25, 0.3) is 16.8 Å². The number of halogens is 2. The topological polar surface area (TPSA) is 80.4 Å². The first kappa shape index (κ1) is 28.4. The van der Waals surface area contributed by atoms with Gasteiger partial charge in [0.1, 0.15) is 23.0 Å². The summed E-state index contributed by atoms with van der Waals surface area (Å²) in [5.41, 5.74) is 4.42. The van der Waals surface area contributed by atoms with Gasteiger partial charge < -0.3 is 9.73 Å². The number of thioether (sulfide) groups is 1. The maximum Gasteiger partial charge on any atom is 0.227 e. The van der Waals surface area contributed by atoms with Crippen LogP contribution in [0.15, 0.2) is 73.8 Å². The fourth-order valence-electron chi connectivity index (χ4n) is 4.65. The van der Waals surface area contributed by atoms with E-state index in [0.717, 1.165) is 29.5 Å². The van der Waals surface area contributed by atoms with Gasteiger partial charge in [0, 0.05) is 34.4 Å². The molecule has 0 fully saturated rings. The summed E-state index contributed by atoms with van der Waals surface area (Å²) >= 11 is 1.46. The molecule has 1 aliphatic heterocycles. The Morgan fingerprint density at radius 3 is 2.59 bits per heavy atom. The van der Waals surface area contributed by atoms with Gasteiger partial charge in [0.15, 0.2) is 17.0 Å². The maximum atomic E-state index is 15.2. The minimum absolute atomic E-state index is 0.00168. The molecule has 0 amide bonds. The highest BCUT2D eigenvalue weighted by Crippen LogP contribution is 2.38. The number of benzene rings is 2. The van der Waals surface area contributed by atoms with E-state index in [1.807, 2.05) is 58.0 Å². The van der Waals surface area contributed by atoms with Crippen LogP contribution in [0.2, 0.25) is 0 Å². The highest BCUT2D eigenvalue weighted by atomic mass is 32.2. The number of hydrogen-bond donors (Lipinski definition) is 1. The minimum Gasteiger partial charge on any atom is -0.460 e. The van der Waals surface area contributed by atoms with Crippen LogP contribution in [0.3, 0.4) is 0 Å². The van der Waals surface area contributed by atoms with Crippen molar-refractivity contribution in [1.29, 1.82) is 0 Å². The molecule has 41 heavy (non-hydrogen) atoms. The third kappa shape index (κ3) is 6.00. The SMILES string of the molecule is CCC(C)c1cc(-c2nc(Nc3ccc(C4=CCSc5c4oc(C)cc5=O)cc3)ncc2F)cc(F)c1N=C(C)C. The Labute approximate surface area is 241 Å². The molecule has 1 aliphatic rings. The van der Waals surface area contributed by atoms with Gasteiger partial charge in [-0.3, -0.25) is 9.79 Å². The van der Waals surface area contributed by atoms with Gasteiger partial charge in [0.2, 0.25) is 5.95 Å². The number of fused-ring (bicyclic) bond motifs is 1. The van der Waals surface area contributed by atoms with Crippen LogP contribution in [0, 0.1) is 18.6 Å². The summed E-state index contributed by atoms with van der Waals surface area (Å²) in [6, 6.07) is 12.0. The highest BCUT2D eigenvalue weighted by molar-refractivity contribution is 7.99. The number of aromatic nitrogens is 2. The largest absolute Gasteiger partial charge is 0.460 e. The van der Waals surface area contributed by atoms with Crippen molar-refractivity contribution in [2.24, 2.45) is 4.99 Å². The number of aryl methyl sites for hydroxylation is 1. The lowest BCUT2D eigenvalue weighted by molar-refractivity contribution is 0.488. The summed E-state index contributed by atoms with van der Waals surface area (Å²) in [6.07, 6.45) is 3.89. The van der Waals surface area contributed by atoms with E-state index in [2.05, 4.69) is 20.3 Å². The third-order valence-electron chi connectivity index (χ3n) is 6.83. The molecule has 2 aromatic carbocycles. The molecule has 1 N–H and O–H groups in total. The Morgan fingerprint density at radius 2 is 1.88 bits per heavy atom. The van der Waals surface area contributed by atoms with Gasteiger partial charge in [0.25, 0.3) is 0 Å². The lowest BCUT2D eigenvalue weighted by atomic mass is 9.93. The molecule has 0 radical (unpaired) electrons. The van der Waals surface area contributed by atoms with Crippen LogP contribution in [-0.4, -0.2) is 21.4 Å². The molecular weight excluding hydrogens is 542 g/mol. The minimum atomic E-state index is -0.652. The first-order chi connectivity index (χ1) is 19.6. The predicted molar refractivity (Wildman–Crippen MR) is 162 cm³/mol. The molecule has 0 bridgehead atoms. The Balaban J connectivity index is 1.44. The second-order valence-electron chi connectivity index (χ2n) is 10.2. The predicted octanol–water partition coefficient (Wildman–Crippen LogP) is 8.59. The van der Waals surface area contributed by atoms with E-state index in [9.17, 15) is 9.18 Å². The molecule has 9 heteroatoms. The smallest absolute Gasteiger partial charge is 0.227 e. The third-order valence-corrected chi connectivity index (χ3v) is 7.84. The fourth-order valence-corrected chi connectivity index (χ4v) is 5.55. The number of nitrogens with zero attached hydrogens (tertiary/aromatic N) is 3. The van der Waals surface area contributed by atoms with Crippen LogP contribution in [0.5, 0.6) is 0 Å². The van der Waals surface area contributed by atoms with Gasteiger partial charge in [-0.15, -0.1) is 11.8 Å². The maximum absolute atomic E-state index is 15.2. The zero-order chi connectivity index (χ0) is 29.3. The normalized spacial score (nSPS) is 13.3. The van der Waals surface area contributed by atoms with Gasteiger partial charge in [-0.1, -0.05) is 32.1 Å². The molecule has 210 valence electrons. The zero-order valence-electron chi connectivity index (χ0n) is 23.5. The molecular formula is C32H30F2N4O2S. The number of anilines is 2. The summed E-state index contributed by atoms with van der Waals surface area (Å²) < 4.78 is 36.1. The molecule has 3 heterocycles. The lowest BCUT2D eigenvalue weighted by Crippen LogP contribution is -2.10. The number of aliphatic imine (C=N–C) groups is 1.